The lowest BCUT2D eigenvalue weighted by molar-refractivity contribution is -0.113. The average molecular weight is 351 g/mol. The number of amides is 1. The van der Waals surface area contributed by atoms with Crippen LogP contribution in [0.1, 0.15) is 15.9 Å². The lowest BCUT2D eigenvalue weighted by Crippen LogP contribution is -2.14. The fraction of sp³-hybridized carbons (Fsp3) is 0.100. The standard InChI is InChI=1S/C20H17NO3S/c22-19(21-17-10-8-15(9-11-17)20(23)24)13-25-12-16-6-3-5-14-4-1-2-7-18(14)16/h1-11H,12-13H2,(H,21,22)(H,23,24). The van der Waals surface area contributed by atoms with Crippen molar-refractivity contribution in [3.63, 3.8) is 0 Å². The van der Waals surface area contributed by atoms with E-state index in [2.05, 4.69) is 29.6 Å². The van der Waals surface area contributed by atoms with Crippen LogP contribution in [0.3, 0.4) is 0 Å². The number of thioether (sulfide) groups is 1. The lowest BCUT2D eigenvalue weighted by Gasteiger charge is -2.07. The summed E-state index contributed by atoms with van der Waals surface area (Å²) in [6.45, 7) is 0. The second-order valence-electron chi connectivity index (χ2n) is 5.56. The zero-order valence-electron chi connectivity index (χ0n) is 13.4. The summed E-state index contributed by atoms with van der Waals surface area (Å²) in [5, 5.41) is 14.1. The van der Waals surface area contributed by atoms with E-state index < -0.39 is 5.97 Å². The number of carbonyl (C=O) groups is 2. The van der Waals surface area contributed by atoms with E-state index in [4.69, 9.17) is 5.11 Å². The molecule has 0 saturated carbocycles. The van der Waals surface area contributed by atoms with Crippen LogP contribution in [0.5, 0.6) is 0 Å². The maximum absolute atomic E-state index is 12.0. The van der Waals surface area contributed by atoms with Crippen LogP contribution >= 0.6 is 11.8 Å². The second-order valence-corrected chi connectivity index (χ2v) is 6.55. The van der Waals surface area contributed by atoms with E-state index in [9.17, 15) is 9.59 Å². The van der Waals surface area contributed by atoms with Gasteiger partial charge in [0, 0.05) is 11.4 Å². The Balaban J connectivity index is 1.54. The highest BCUT2D eigenvalue weighted by molar-refractivity contribution is 7.99. The quantitative estimate of drug-likeness (QED) is 0.690. The van der Waals surface area contributed by atoms with Gasteiger partial charge in [-0.05, 0) is 40.6 Å². The van der Waals surface area contributed by atoms with Crippen LogP contribution in [0.25, 0.3) is 10.8 Å². The third-order valence-electron chi connectivity index (χ3n) is 3.79. The molecule has 0 aliphatic carbocycles. The summed E-state index contributed by atoms with van der Waals surface area (Å²) in [5.41, 5.74) is 2.01. The molecular weight excluding hydrogens is 334 g/mol. The first-order chi connectivity index (χ1) is 12.1. The molecule has 126 valence electrons. The summed E-state index contributed by atoms with van der Waals surface area (Å²) in [6, 6.07) is 20.5. The van der Waals surface area contributed by atoms with Gasteiger partial charge >= 0.3 is 5.97 Å². The molecule has 0 fully saturated rings. The molecule has 0 aliphatic heterocycles. The van der Waals surface area contributed by atoms with Crippen molar-refractivity contribution in [2.75, 3.05) is 11.1 Å². The van der Waals surface area contributed by atoms with Crippen LogP contribution in [0.4, 0.5) is 5.69 Å². The molecule has 5 heteroatoms. The predicted molar refractivity (Wildman–Crippen MR) is 102 cm³/mol. The summed E-state index contributed by atoms with van der Waals surface area (Å²) < 4.78 is 0. The van der Waals surface area contributed by atoms with Crippen LogP contribution in [0, 0.1) is 0 Å². The molecule has 1 amide bonds. The normalized spacial score (nSPS) is 10.6. The van der Waals surface area contributed by atoms with E-state index in [1.165, 1.54) is 28.5 Å². The molecule has 0 radical (unpaired) electrons. The molecule has 0 aliphatic rings. The maximum Gasteiger partial charge on any atom is 0.335 e. The van der Waals surface area contributed by atoms with E-state index in [1.54, 1.807) is 23.9 Å². The lowest BCUT2D eigenvalue weighted by atomic mass is 10.1. The second kappa shape index (κ2) is 7.85. The summed E-state index contributed by atoms with van der Waals surface area (Å²) in [5.74, 6) is 0.00761. The number of nitrogens with one attached hydrogen (secondary N) is 1. The minimum Gasteiger partial charge on any atom is -0.478 e. The molecule has 3 aromatic carbocycles. The van der Waals surface area contributed by atoms with E-state index >= 15 is 0 Å². The number of aromatic carboxylic acids is 1. The molecule has 0 bridgehead atoms. The highest BCUT2D eigenvalue weighted by atomic mass is 32.2. The van der Waals surface area contributed by atoms with E-state index in [1.807, 2.05) is 18.2 Å². The molecule has 25 heavy (non-hydrogen) atoms. The highest BCUT2D eigenvalue weighted by Crippen LogP contribution is 2.22. The van der Waals surface area contributed by atoms with E-state index in [-0.39, 0.29) is 11.5 Å². The minimum absolute atomic E-state index is 0.103. The van der Waals surface area contributed by atoms with Crippen molar-refractivity contribution in [2.45, 2.75) is 5.75 Å². The molecule has 0 heterocycles. The number of carboxylic acid groups (broad SMARTS) is 1. The Morgan fingerprint density at radius 1 is 0.920 bits per heavy atom. The molecule has 0 atom stereocenters. The molecule has 0 spiro atoms. The Morgan fingerprint density at radius 2 is 1.64 bits per heavy atom. The number of rotatable bonds is 6. The monoisotopic (exact) mass is 351 g/mol. The summed E-state index contributed by atoms with van der Waals surface area (Å²) in [6.07, 6.45) is 0. The first kappa shape index (κ1) is 17.0. The van der Waals surface area contributed by atoms with E-state index in [0.29, 0.717) is 11.4 Å². The number of hydrogen-bond donors (Lipinski definition) is 2. The molecule has 0 unspecified atom stereocenters. The van der Waals surface area contributed by atoms with Gasteiger partial charge in [-0.1, -0.05) is 42.5 Å². The van der Waals surface area contributed by atoms with Gasteiger partial charge in [0.1, 0.15) is 0 Å². The molecule has 4 nitrogen and oxygen atoms in total. The van der Waals surface area contributed by atoms with Crippen LogP contribution in [-0.4, -0.2) is 22.7 Å². The molecule has 0 aromatic heterocycles. The zero-order chi connectivity index (χ0) is 17.6. The molecule has 2 N–H and O–H groups in total. The van der Waals surface area contributed by atoms with Gasteiger partial charge < -0.3 is 10.4 Å². The van der Waals surface area contributed by atoms with E-state index in [0.717, 1.165) is 5.75 Å². The average Bonchev–Trinajstić information content (AvgIpc) is 2.62. The van der Waals surface area contributed by atoms with Crippen LogP contribution < -0.4 is 5.32 Å². The Kier molecular flexibility index (Phi) is 5.36. The number of fused-ring (bicyclic) bond motifs is 1. The maximum atomic E-state index is 12.0. The van der Waals surface area contributed by atoms with Crippen molar-refractivity contribution < 1.29 is 14.7 Å². The zero-order valence-corrected chi connectivity index (χ0v) is 14.3. The van der Waals surface area contributed by atoms with Crippen molar-refractivity contribution in [3.8, 4) is 0 Å². The Labute approximate surface area is 149 Å². The van der Waals surface area contributed by atoms with Crippen LogP contribution in [-0.2, 0) is 10.5 Å². The summed E-state index contributed by atoms with van der Waals surface area (Å²) in [4.78, 5) is 22.8. The number of carbonyl (C=O) groups excluding carboxylic acids is 1. The third-order valence-corrected chi connectivity index (χ3v) is 4.77. The topological polar surface area (TPSA) is 66.4 Å². The molecular formula is C20H17NO3S. The van der Waals surface area contributed by atoms with Gasteiger partial charge in [-0.3, -0.25) is 4.79 Å². The molecule has 3 rings (SSSR count). The van der Waals surface area contributed by atoms with Gasteiger partial charge in [-0.25, -0.2) is 4.79 Å². The highest BCUT2D eigenvalue weighted by Gasteiger charge is 2.06. The van der Waals surface area contributed by atoms with Gasteiger partial charge in [0.2, 0.25) is 5.91 Å². The van der Waals surface area contributed by atoms with Gasteiger partial charge in [-0.15, -0.1) is 11.8 Å². The van der Waals surface area contributed by atoms with Gasteiger partial charge in [0.05, 0.1) is 11.3 Å². The molecule has 0 saturated heterocycles. The summed E-state index contributed by atoms with van der Waals surface area (Å²) >= 11 is 1.55. The van der Waals surface area contributed by atoms with Crippen molar-refractivity contribution >= 4 is 40.1 Å². The fourth-order valence-electron chi connectivity index (χ4n) is 2.57. The first-order valence-corrected chi connectivity index (χ1v) is 8.96. The molecule has 3 aromatic rings. The Hall–Kier alpha value is -2.79. The number of carboxylic acids is 1. The van der Waals surface area contributed by atoms with Crippen molar-refractivity contribution in [1.82, 2.24) is 0 Å². The van der Waals surface area contributed by atoms with Crippen molar-refractivity contribution in [3.05, 3.63) is 77.9 Å². The van der Waals surface area contributed by atoms with Gasteiger partial charge in [-0.2, -0.15) is 0 Å². The fourth-order valence-corrected chi connectivity index (χ4v) is 3.40. The third kappa shape index (κ3) is 4.39. The Morgan fingerprint density at radius 3 is 2.40 bits per heavy atom. The van der Waals surface area contributed by atoms with Crippen LogP contribution in [0.2, 0.25) is 0 Å². The SMILES string of the molecule is O=C(CSCc1cccc2ccccc12)Nc1ccc(C(=O)O)cc1. The summed E-state index contributed by atoms with van der Waals surface area (Å²) in [7, 11) is 0. The minimum atomic E-state index is -0.983. The predicted octanol–water partition coefficient (Wildman–Crippen LogP) is 4.41. The smallest absolute Gasteiger partial charge is 0.335 e. The van der Waals surface area contributed by atoms with Crippen molar-refractivity contribution in [2.24, 2.45) is 0 Å². The van der Waals surface area contributed by atoms with Crippen molar-refractivity contribution in [1.29, 1.82) is 0 Å². The van der Waals surface area contributed by atoms with Gasteiger partial charge in [0.15, 0.2) is 0 Å². The number of benzene rings is 3. The largest absolute Gasteiger partial charge is 0.478 e. The first-order valence-electron chi connectivity index (χ1n) is 7.81. The Bertz CT molecular complexity index is 901. The van der Waals surface area contributed by atoms with Crippen LogP contribution in [0.15, 0.2) is 66.7 Å². The van der Waals surface area contributed by atoms with Gasteiger partial charge in [0.25, 0.3) is 0 Å². The number of anilines is 1. The number of hydrogen-bond acceptors (Lipinski definition) is 3.